The Morgan fingerprint density at radius 2 is 0.836 bits per heavy atom. The molecule has 0 bridgehead atoms. The molecule has 2 aromatic heterocycles. The van der Waals surface area contributed by atoms with Gasteiger partial charge < -0.3 is 9.47 Å². The number of para-hydroxylation sites is 2. The summed E-state index contributed by atoms with van der Waals surface area (Å²) in [6.07, 6.45) is 0. The summed E-state index contributed by atoms with van der Waals surface area (Å²) in [7, 11) is 0. The minimum atomic E-state index is 1.10. The maximum absolute atomic E-state index is 2.40. The lowest BCUT2D eigenvalue weighted by Crippen LogP contribution is -2.10. The normalized spacial score (nSPS) is 11.6. The predicted molar refractivity (Wildman–Crippen MR) is 262 cm³/mol. The zero-order chi connectivity index (χ0) is 40.3. The third-order valence-corrected chi connectivity index (χ3v) is 13.4. The molecule has 0 N–H and O–H groups in total. The van der Waals surface area contributed by atoms with E-state index in [1.54, 1.807) is 0 Å². The highest BCUT2D eigenvalue weighted by molar-refractivity contribution is 7.26. The lowest BCUT2D eigenvalue weighted by Gasteiger charge is -2.26. The maximum Gasteiger partial charge on any atom is 0.0541 e. The molecule has 286 valence electrons. The Labute approximate surface area is 358 Å². The fraction of sp³-hybridized carbons (Fsp3) is 0. The molecule has 61 heavy (non-hydrogen) atoms. The minimum Gasteiger partial charge on any atom is -0.310 e. The lowest BCUT2D eigenvalue weighted by molar-refractivity contribution is 1.17. The molecule has 0 saturated heterocycles. The van der Waals surface area contributed by atoms with Crippen molar-refractivity contribution < 1.29 is 0 Å². The zero-order valence-electron chi connectivity index (χ0n) is 33.2. The first-order valence-corrected chi connectivity index (χ1v) is 21.7. The van der Waals surface area contributed by atoms with Gasteiger partial charge in [-0.1, -0.05) is 164 Å². The van der Waals surface area contributed by atoms with Crippen LogP contribution in [-0.2, 0) is 0 Å². The van der Waals surface area contributed by atoms with Crippen LogP contribution in [-0.4, -0.2) is 4.57 Å². The number of fused-ring (bicyclic) bond motifs is 7. The quantitative estimate of drug-likeness (QED) is 0.156. The van der Waals surface area contributed by atoms with Gasteiger partial charge in [-0.15, -0.1) is 11.3 Å². The summed E-state index contributed by atoms with van der Waals surface area (Å²) in [6, 6.07) is 84.1. The highest BCUT2D eigenvalue weighted by Crippen LogP contribution is 2.45. The van der Waals surface area contributed by atoms with Crippen LogP contribution in [0.15, 0.2) is 231 Å². The van der Waals surface area contributed by atoms with E-state index >= 15 is 0 Å². The van der Waals surface area contributed by atoms with E-state index in [1.165, 1.54) is 86.1 Å². The Morgan fingerprint density at radius 1 is 0.344 bits per heavy atom. The number of rotatable bonds is 7. The summed E-state index contributed by atoms with van der Waals surface area (Å²) in [5, 5.41) is 7.58. The molecule has 0 aliphatic heterocycles. The first kappa shape index (κ1) is 35.2. The van der Waals surface area contributed by atoms with Crippen LogP contribution in [0.5, 0.6) is 0 Å². The summed E-state index contributed by atoms with van der Waals surface area (Å²) in [6.45, 7) is 0. The van der Waals surface area contributed by atoms with Crippen molar-refractivity contribution in [1.29, 1.82) is 0 Å². The topological polar surface area (TPSA) is 8.17 Å². The molecule has 0 radical (unpaired) electrons. The van der Waals surface area contributed by atoms with Crippen LogP contribution in [0.3, 0.4) is 0 Å². The summed E-state index contributed by atoms with van der Waals surface area (Å²) in [5.74, 6) is 0. The molecule has 3 heteroatoms. The second-order valence-electron chi connectivity index (χ2n) is 15.7. The van der Waals surface area contributed by atoms with Crippen LogP contribution in [0.2, 0.25) is 0 Å². The van der Waals surface area contributed by atoms with Gasteiger partial charge >= 0.3 is 0 Å². The van der Waals surface area contributed by atoms with Crippen molar-refractivity contribution in [2.75, 3.05) is 4.90 Å². The number of aromatic nitrogens is 1. The van der Waals surface area contributed by atoms with Gasteiger partial charge in [0.25, 0.3) is 0 Å². The molecule has 10 aromatic carbocycles. The SMILES string of the molecule is c1ccc(-c2cccc3c2sc2ccc(N(c4ccc(-c5cccc6cccc(-c7ccccc7)c56)cc4)c4ccc(-n5c6ccccc6c6ccccc65)cc4)cc23)cc1. The molecule has 0 aliphatic carbocycles. The van der Waals surface area contributed by atoms with E-state index in [9.17, 15) is 0 Å². The van der Waals surface area contributed by atoms with Crippen molar-refractivity contribution in [3.05, 3.63) is 231 Å². The number of benzene rings is 10. The summed E-state index contributed by atoms with van der Waals surface area (Å²) in [4.78, 5) is 2.40. The Hall–Kier alpha value is -7.72. The zero-order valence-corrected chi connectivity index (χ0v) is 34.1. The van der Waals surface area contributed by atoms with E-state index in [2.05, 4.69) is 240 Å². The van der Waals surface area contributed by atoms with E-state index < -0.39 is 0 Å². The van der Waals surface area contributed by atoms with Gasteiger partial charge in [0.15, 0.2) is 0 Å². The van der Waals surface area contributed by atoms with Gasteiger partial charge in [0.2, 0.25) is 0 Å². The van der Waals surface area contributed by atoms with Gasteiger partial charge in [-0.25, -0.2) is 0 Å². The molecule has 12 aromatic rings. The average molecular weight is 795 g/mol. The van der Waals surface area contributed by atoms with E-state index in [0.29, 0.717) is 0 Å². The van der Waals surface area contributed by atoms with Crippen LogP contribution in [0.25, 0.3) is 91.8 Å². The van der Waals surface area contributed by atoms with Crippen LogP contribution in [0, 0.1) is 0 Å². The van der Waals surface area contributed by atoms with Crippen molar-refractivity contribution in [3.63, 3.8) is 0 Å². The molecule has 0 aliphatic rings. The maximum atomic E-state index is 2.40. The van der Waals surface area contributed by atoms with Gasteiger partial charge in [-0.05, 0) is 111 Å². The highest BCUT2D eigenvalue weighted by atomic mass is 32.1. The van der Waals surface area contributed by atoms with Crippen molar-refractivity contribution >= 4 is 81.1 Å². The highest BCUT2D eigenvalue weighted by Gasteiger charge is 2.19. The largest absolute Gasteiger partial charge is 0.310 e. The molecule has 0 saturated carbocycles. The predicted octanol–water partition coefficient (Wildman–Crippen LogP) is 16.8. The third-order valence-electron chi connectivity index (χ3n) is 12.2. The minimum absolute atomic E-state index is 1.10. The average Bonchev–Trinajstić information content (AvgIpc) is 3.88. The molecule has 0 fully saturated rings. The second-order valence-corrected chi connectivity index (χ2v) is 16.7. The number of thiophene rings is 1. The van der Waals surface area contributed by atoms with E-state index in [4.69, 9.17) is 0 Å². The first-order valence-electron chi connectivity index (χ1n) is 20.8. The molecule has 0 amide bonds. The van der Waals surface area contributed by atoms with Crippen molar-refractivity contribution in [1.82, 2.24) is 4.57 Å². The van der Waals surface area contributed by atoms with Crippen LogP contribution in [0.4, 0.5) is 17.1 Å². The van der Waals surface area contributed by atoms with Gasteiger partial charge in [-0.2, -0.15) is 0 Å². The van der Waals surface area contributed by atoms with Crippen LogP contribution >= 0.6 is 11.3 Å². The smallest absolute Gasteiger partial charge is 0.0541 e. The van der Waals surface area contributed by atoms with E-state index in [-0.39, 0.29) is 0 Å². The van der Waals surface area contributed by atoms with Crippen LogP contribution in [0.1, 0.15) is 0 Å². The number of nitrogens with zero attached hydrogens (tertiary/aromatic N) is 2. The molecular weight excluding hydrogens is 757 g/mol. The van der Waals surface area contributed by atoms with Gasteiger partial charge in [-0.3, -0.25) is 0 Å². The standard InChI is InChI=1S/C58H38N2S/c1-3-14-39(15-4-1)47-22-11-18-42-19-12-23-48(57(42)47)41-28-30-43(31-29-41)59(44-32-34-45(35-33-44)60-54-26-9-7-20-50(54)51-21-8-10-27-55(51)60)46-36-37-56-53(38-46)52-25-13-24-49(58(52)61-56)40-16-5-2-6-17-40/h1-38H. The fourth-order valence-electron chi connectivity index (χ4n) is 9.40. The molecule has 0 spiro atoms. The van der Waals surface area contributed by atoms with Gasteiger partial charge in [0.05, 0.1) is 11.0 Å². The van der Waals surface area contributed by atoms with Crippen LogP contribution < -0.4 is 4.90 Å². The number of anilines is 3. The first-order chi connectivity index (χ1) is 30.3. The molecule has 0 unspecified atom stereocenters. The summed E-state index contributed by atoms with van der Waals surface area (Å²) < 4.78 is 4.98. The second kappa shape index (κ2) is 14.5. The molecule has 12 rings (SSSR count). The van der Waals surface area contributed by atoms with Crippen molar-refractivity contribution in [2.24, 2.45) is 0 Å². The Morgan fingerprint density at radius 3 is 1.48 bits per heavy atom. The Balaban J connectivity index is 1.01. The molecule has 2 nitrogen and oxygen atoms in total. The van der Waals surface area contributed by atoms with Gasteiger partial charge in [0.1, 0.15) is 0 Å². The van der Waals surface area contributed by atoms with Crippen molar-refractivity contribution in [2.45, 2.75) is 0 Å². The molecular formula is C58H38N2S. The summed E-state index contributed by atoms with van der Waals surface area (Å²) >= 11 is 1.88. The van der Waals surface area contributed by atoms with E-state index in [0.717, 1.165) is 22.7 Å². The molecule has 0 atom stereocenters. The Bertz CT molecular complexity index is 3510. The Kier molecular flexibility index (Phi) is 8.39. The monoisotopic (exact) mass is 794 g/mol. The molecule has 2 heterocycles. The number of hydrogen-bond acceptors (Lipinski definition) is 2. The van der Waals surface area contributed by atoms with Gasteiger partial charge in [0, 0.05) is 53.7 Å². The third kappa shape index (κ3) is 5.93. The lowest BCUT2D eigenvalue weighted by atomic mass is 9.91. The fourth-order valence-corrected chi connectivity index (χ4v) is 10.6. The number of hydrogen-bond donors (Lipinski definition) is 0. The summed E-state index contributed by atoms with van der Waals surface area (Å²) in [5.41, 5.74) is 14.3. The van der Waals surface area contributed by atoms with Crippen molar-refractivity contribution in [3.8, 4) is 39.1 Å². The van der Waals surface area contributed by atoms with E-state index in [1.807, 2.05) is 11.3 Å².